The number of rotatable bonds is 3. The van der Waals surface area contributed by atoms with E-state index in [4.69, 9.17) is 5.14 Å². The maximum atomic E-state index is 11.9. The quantitative estimate of drug-likeness (QED) is 0.816. The van der Waals surface area contributed by atoms with Crippen LogP contribution >= 0.6 is 11.8 Å². The number of alkyl halides is 2. The first kappa shape index (κ1) is 11.4. The molecule has 0 aliphatic heterocycles. The lowest BCUT2D eigenvalue weighted by Crippen LogP contribution is -2.11. The van der Waals surface area contributed by atoms with Crippen LogP contribution in [0.25, 0.3) is 0 Å². The van der Waals surface area contributed by atoms with Gasteiger partial charge in [-0.25, -0.2) is 13.6 Å². The third-order valence-corrected chi connectivity index (χ3v) is 3.03. The molecule has 1 aromatic rings. The molecule has 0 fully saturated rings. The van der Waals surface area contributed by atoms with Crippen LogP contribution in [-0.4, -0.2) is 14.2 Å². The molecule has 0 heterocycles. The van der Waals surface area contributed by atoms with Crippen molar-refractivity contribution in [1.29, 1.82) is 0 Å². The monoisotopic (exact) mass is 239 g/mol. The van der Waals surface area contributed by atoms with E-state index in [2.05, 4.69) is 0 Å². The maximum Gasteiger partial charge on any atom is 0.288 e. The first-order chi connectivity index (χ1) is 6.39. The van der Waals surface area contributed by atoms with E-state index in [0.717, 1.165) is 0 Å². The molecule has 0 amide bonds. The third-order valence-electron chi connectivity index (χ3n) is 1.38. The van der Waals surface area contributed by atoms with Crippen LogP contribution in [0.5, 0.6) is 0 Å². The van der Waals surface area contributed by atoms with E-state index in [1.807, 2.05) is 0 Å². The van der Waals surface area contributed by atoms with Crippen LogP contribution in [0.3, 0.4) is 0 Å². The molecule has 0 bridgehead atoms. The van der Waals surface area contributed by atoms with Crippen molar-refractivity contribution >= 4 is 21.8 Å². The van der Waals surface area contributed by atoms with E-state index in [1.54, 1.807) is 0 Å². The van der Waals surface area contributed by atoms with Crippen molar-refractivity contribution in [3.8, 4) is 0 Å². The van der Waals surface area contributed by atoms with Gasteiger partial charge < -0.3 is 0 Å². The number of benzene rings is 1. The smallest absolute Gasteiger partial charge is 0.225 e. The molecule has 0 aromatic heterocycles. The summed E-state index contributed by atoms with van der Waals surface area (Å²) in [5.41, 5.74) is 0. The van der Waals surface area contributed by atoms with Gasteiger partial charge in [-0.1, -0.05) is 11.8 Å². The van der Waals surface area contributed by atoms with E-state index >= 15 is 0 Å². The molecule has 0 radical (unpaired) electrons. The predicted octanol–water partition coefficient (Wildman–Crippen LogP) is 1.65. The summed E-state index contributed by atoms with van der Waals surface area (Å²) in [5, 5.41) is 4.83. The van der Waals surface area contributed by atoms with Crippen molar-refractivity contribution in [2.75, 3.05) is 0 Å². The summed E-state index contributed by atoms with van der Waals surface area (Å²) in [6, 6.07) is 4.97. The Hall–Kier alpha value is -0.660. The minimum atomic E-state index is -3.74. The topological polar surface area (TPSA) is 60.2 Å². The second kappa shape index (κ2) is 4.24. The molecule has 0 atom stereocenters. The van der Waals surface area contributed by atoms with Gasteiger partial charge in [0.05, 0.1) is 4.90 Å². The number of primary sulfonamides is 1. The second-order valence-electron chi connectivity index (χ2n) is 2.39. The van der Waals surface area contributed by atoms with Crippen molar-refractivity contribution in [3.63, 3.8) is 0 Å². The van der Waals surface area contributed by atoms with Crippen LogP contribution in [0.1, 0.15) is 0 Å². The molecule has 2 N–H and O–H groups in total. The summed E-state index contributed by atoms with van der Waals surface area (Å²) < 4.78 is 45.3. The highest BCUT2D eigenvalue weighted by Gasteiger charge is 2.09. The summed E-state index contributed by atoms with van der Waals surface area (Å²) in [4.78, 5) is 0.212. The molecule has 0 saturated heterocycles. The summed E-state index contributed by atoms with van der Waals surface area (Å²) in [5.74, 6) is -2.52. The molecule has 0 aliphatic carbocycles. The summed E-state index contributed by atoms with van der Waals surface area (Å²) in [6.45, 7) is 0. The van der Waals surface area contributed by atoms with Crippen LogP contribution in [0, 0.1) is 0 Å². The highest BCUT2D eigenvalue weighted by Crippen LogP contribution is 2.25. The second-order valence-corrected chi connectivity index (χ2v) is 5.02. The molecule has 0 spiro atoms. The molecule has 3 nitrogen and oxygen atoms in total. The molecular formula is C7H7F2NO2S2. The highest BCUT2D eigenvalue weighted by atomic mass is 32.2. The van der Waals surface area contributed by atoms with Crippen molar-refractivity contribution in [1.82, 2.24) is 0 Å². The fourth-order valence-corrected chi connectivity index (χ4v) is 1.83. The minimum absolute atomic E-state index is 0.0869. The number of thioether (sulfide) groups is 1. The Labute approximate surface area is 84.4 Å². The lowest BCUT2D eigenvalue weighted by Gasteiger charge is -2.01. The Morgan fingerprint density at radius 2 is 1.71 bits per heavy atom. The zero-order chi connectivity index (χ0) is 10.8. The first-order valence-corrected chi connectivity index (χ1v) is 5.90. The van der Waals surface area contributed by atoms with Crippen molar-refractivity contribution < 1.29 is 17.2 Å². The Balaban J connectivity index is 2.90. The van der Waals surface area contributed by atoms with E-state index in [-0.39, 0.29) is 4.90 Å². The number of hydrogen-bond acceptors (Lipinski definition) is 3. The normalized spacial score (nSPS) is 12.0. The van der Waals surface area contributed by atoms with Crippen molar-refractivity contribution in [3.05, 3.63) is 24.3 Å². The van der Waals surface area contributed by atoms with Crippen LogP contribution < -0.4 is 5.14 Å². The average Bonchev–Trinajstić information content (AvgIpc) is 2.02. The van der Waals surface area contributed by atoms with Gasteiger partial charge >= 0.3 is 0 Å². The molecule has 0 unspecified atom stereocenters. The van der Waals surface area contributed by atoms with Gasteiger partial charge in [0.25, 0.3) is 5.76 Å². The molecule has 0 saturated carbocycles. The number of halogens is 2. The summed E-state index contributed by atoms with van der Waals surface area (Å²) in [6.07, 6.45) is 0. The Bertz CT molecular complexity index is 402. The van der Waals surface area contributed by atoms with Crippen LogP contribution in [-0.2, 0) is 10.0 Å². The van der Waals surface area contributed by atoms with Crippen molar-refractivity contribution in [2.45, 2.75) is 15.5 Å². The standard InChI is InChI=1S/C7H7F2NO2S2/c8-7(9)13-5-1-3-6(4-2-5)14(10,11)12/h1-4,7H,(H2,10,11,12). The Morgan fingerprint density at radius 3 is 2.07 bits per heavy atom. The minimum Gasteiger partial charge on any atom is -0.225 e. The SMILES string of the molecule is NS(=O)(=O)c1ccc(SC(F)F)cc1. The summed E-state index contributed by atoms with van der Waals surface area (Å²) >= 11 is 0.349. The van der Waals surface area contributed by atoms with Gasteiger partial charge in [0.2, 0.25) is 10.0 Å². The van der Waals surface area contributed by atoms with E-state index < -0.39 is 15.8 Å². The van der Waals surface area contributed by atoms with Gasteiger partial charge in [-0.15, -0.1) is 0 Å². The zero-order valence-electron chi connectivity index (χ0n) is 6.85. The fourth-order valence-electron chi connectivity index (χ4n) is 0.811. The van der Waals surface area contributed by atoms with Crippen LogP contribution in [0.15, 0.2) is 34.1 Å². The van der Waals surface area contributed by atoms with Gasteiger partial charge in [0.15, 0.2) is 0 Å². The van der Waals surface area contributed by atoms with Gasteiger partial charge in [0, 0.05) is 4.90 Å². The highest BCUT2D eigenvalue weighted by molar-refractivity contribution is 7.99. The molecular weight excluding hydrogens is 232 g/mol. The van der Waals surface area contributed by atoms with Gasteiger partial charge in [0.1, 0.15) is 0 Å². The largest absolute Gasteiger partial charge is 0.288 e. The Morgan fingerprint density at radius 1 is 1.21 bits per heavy atom. The maximum absolute atomic E-state index is 11.9. The molecule has 0 aliphatic rings. The number of nitrogens with two attached hydrogens (primary N) is 1. The molecule has 7 heteroatoms. The fraction of sp³-hybridized carbons (Fsp3) is 0.143. The van der Waals surface area contributed by atoms with Gasteiger partial charge in [-0.3, -0.25) is 0 Å². The van der Waals surface area contributed by atoms with Gasteiger partial charge in [-0.05, 0) is 24.3 Å². The number of sulfonamides is 1. The van der Waals surface area contributed by atoms with Crippen LogP contribution in [0.4, 0.5) is 8.78 Å². The lowest BCUT2D eigenvalue weighted by molar-refractivity contribution is 0.252. The average molecular weight is 239 g/mol. The van der Waals surface area contributed by atoms with E-state index in [1.165, 1.54) is 24.3 Å². The molecule has 1 aromatic carbocycles. The Kier molecular flexibility index (Phi) is 3.46. The van der Waals surface area contributed by atoms with E-state index in [0.29, 0.717) is 16.7 Å². The van der Waals surface area contributed by atoms with Crippen molar-refractivity contribution in [2.24, 2.45) is 5.14 Å². The summed E-state index contributed by atoms with van der Waals surface area (Å²) in [7, 11) is -3.74. The molecule has 78 valence electrons. The predicted molar refractivity (Wildman–Crippen MR) is 49.7 cm³/mol. The first-order valence-electron chi connectivity index (χ1n) is 3.47. The van der Waals surface area contributed by atoms with Gasteiger partial charge in [-0.2, -0.15) is 8.78 Å². The molecule has 14 heavy (non-hydrogen) atoms. The molecule has 1 rings (SSSR count). The zero-order valence-corrected chi connectivity index (χ0v) is 8.49. The van der Waals surface area contributed by atoms with Crippen LogP contribution in [0.2, 0.25) is 0 Å². The number of hydrogen-bond donors (Lipinski definition) is 1. The third kappa shape index (κ3) is 3.24. The lowest BCUT2D eigenvalue weighted by atomic mass is 10.4. The van der Waals surface area contributed by atoms with E-state index in [9.17, 15) is 17.2 Å².